The molecule has 1 unspecified atom stereocenters. The van der Waals surface area contributed by atoms with Gasteiger partial charge in [-0.3, -0.25) is 0 Å². The Morgan fingerprint density at radius 2 is 1.35 bits per heavy atom. The lowest BCUT2D eigenvalue weighted by atomic mass is 9.49. The minimum atomic E-state index is -0.517. The van der Waals surface area contributed by atoms with Crippen LogP contribution in [-0.2, 0) is 0 Å². The predicted molar refractivity (Wildman–Crippen MR) is 83.1 cm³/mol. The molecule has 2 heteroatoms. The van der Waals surface area contributed by atoms with Crippen molar-refractivity contribution < 1.29 is 0 Å². The molecule has 0 aromatic heterocycles. The predicted octanol–water partition coefficient (Wildman–Crippen LogP) is 5.40. The number of hydrogen-bond donors (Lipinski definition) is 0. The maximum atomic E-state index is 6.91. The average molecular weight is 307 g/mol. The van der Waals surface area contributed by atoms with Crippen molar-refractivity contribution in [3.63, 3.8) is 0 Å². The van der Waals surface area contributed by atoms with Gasteiger partial charge in [-0.15, -0.1) is 23.2 Å². The monoisotopic (exact) mass is 306 g/mol. The van der Waals surface area contributed by atoms with Crippen molar-refractivity contribution in [3.8, 4) is 0 Å². The van der Waals surface area contributed by atoms with Gasteiger partial charge in [-0.25, -0.2) is 0 Å². The Morgan fingerprint density at radius 3 is 1.90 bits per heavy atom. The molecule has 0 saturated heterocycles. The molecule has 5 aliphatic carbocycles. The molecular weight excluding hydrogens is 287 g/mol. The van der Waals surface area contributed by atoms with E-state index >= 15 is 0 Å². The first-order valence-corrected chi connectivity index (χ1v) is 8.82. The topological polar surface area (TPSA) is 0 Å². The normalized spacial score (nSPS) is 50.6. The van der Waals surface area contributed by atoms with E-state index in [1.54, 1.807) is 0 Å². The summed E-state index contributed by atoms with van der Waals surface area (Å²) in [4.78, 5) is 0. The van der Waals surface area contributed by atoms with Crippen LogP contribution in [0.1, 0.15) is 43.6 Å². The third-order valence-corrected chi connectivity index (χ3v) is 8.05. The molecule has 106 valence electrons. The third kappa shape index (κ3) is 1.27. The lowest BCUT2D eigenvalue weighted by Gasteiger charge is -2.56. The van der Waals surface area contributed by atoms with E-state index in [4.69, 9.17) is 23.2 Å². The summed E-state index contributed by atoms with van der Waals surface area (Å²) < 4.78 is -0.517. The summed E-state index contributed by atoms with van der Waals surface area (Å²) in [5.74, 6) is 3.88. The van der Waals surface area contributed by atoms with Crippen LogP contribution in [0.4, 0.5) is 0 Å². The molecule has 5 fully saturated rings. The highest BCUT2D eigenvalue weighted by atomic mass is 35.5. The van der Waals surface area contributed by atoms with E-state index in [9.17, 15) is 0 Å². The van der Waals surface area contributed by atoms with E-state index < -0.39 is 4.33 Å². The Bertz CT molecular complexity index is 520. The Kier molecular flexibility index (Phi) is 2.32. The van der Waals surface area contributed by atoms with Crippen molar-refractivity contribution in [3.05, 3.63) is 35.9 Å². The molecule has 5 saturated carbocycles. The molecule has 20 heavy (non-hydrogen) atoms. The van der Waals surface area contributed by atoms with Gasteiger partial charge in [0.2, 0.25) is 0 Å². The van der Waals surface area contributed by atoms with Crippen LogP contribution in [0, 0.1) is 29.1 Å². The van der Waals surface area contributed by atoms with E-state index in [1.807, 2.05) is 0 Å². The summed E-state index contributed by atoms with van der Waals surface area (Å²) in [6.07, 6.45) is 7.03. The van der Waals surface area contributed by atoms with Crippen molar-refractivity contribution in [2.45, 2.75) is 42.4 Å². The van der Waals surface area contributed by atoms with Crippen LogP contribution in [0.15, 0.2) is 30.3 Å². The van der Waals surface area contributed by atoms with Crippen LogP contribution in [0.5, 0.6) is 0 Å². The third-order valence-electron chi connectivity index (χ3n) is 6.96. The van der Waals surface area contributed by atoms with Crippen molar-refractivity contribution in [1.29, 1.82) is 0 Å². The molecule has 0 heterocycles. The summed E-state index contributed by atoms with van der Waals surface area (Å²) >= 11 is 13.8. The van der Waals surface area contributed by atoms with Gasteiger partial charge in [0.05, 0.1) is 0 Å². The molecule has 1 aromatic carbocycles. The Morgan fingerprint density at radius 1 is 0.800 bits per heavy atom. The molecular formula is C18H20Cl2. The standard InChI is InChI=1S/C18H20Cl2/c19-18(20)16(13-4-2-1-3-5-13)17(18)14-7-11-6-12(9-14)10-15(17)8-11/h1-5,11-12,14-16H,6-10H2. The van der Waals surface area contributed by atoms with Crippen LogP contribution < -0.4 is 0 Å². The average Bonchev–Trinajstić information content (AvgIpc) is 2.94. The highest BCUT2D eigenvalue weighted by Crippen LogP contribution is 2.86. The Hall–Kier alpha value is -0.200. The first-order valence-electron chi connectivity index (χ1n) is 8.06. The van der Waals surface area contributed by atoms with Gasteiger partial charge in [-0.05, 0) is 61.3 Å². The Labute approximate surface area is 130 Å². The molecule has 0 nitrogen and oxygen atoms in total. The van der Waals surface area contributed by atoms with Gasteiger partial charge in [0.15, 0.2) is 0 Å². The van der Waals surface area contributed by atoms with E-state index in [0.717, 1.165) is 23.7 Å². The fourth-order valence-electron chi connectivity index (χ4n) is 6.55. The van der Waals surface area contributed by atoms with Gasteiger partial charge in [0.25, 0.3) is 0 Å². The fraction of sp³-hybridized carbons (Fsp3) is 0.667. The smallest absolute Gasteiger partial charge is 0.100 e. The molecule has 1 atom stereocenters. The van der Waals surface area contributed by atoms with Gasteiger partial charge in [-0.1, -0.05) is 30.3 Å². The number of rotatable bonds is 1. The van der Waals surface area contributed by atoms with E-state index in [0.29, 0.717) is 5.92 Å². The fourth-order valence-corrected chi connectivity index (χ4v) is 7.89. The number of alkyl halides is 2. The van der Waals surface area contributed by atoms with Gasteiger partial charge in [0.1, 0.15) is 4.33 Å². The quantitative estimate of drug-likeness (QED) is 0.609. The molecule has 6 rings (SSSR count). The van der Waals surface area contributed by atoms with Gasteiger partial charge in [-0.2, -0.15) is 0 Å². The maximum absolute atomic E-state index is 6.91. The van der Waals surface area contributed by atoms with Crippen LogP contribution >= 0.6 is 23.2 Å². The number of halogens is 2. The van der Waals surface area contributed by atoms with E-state index in [-0.39, 0.29) is 5.41 Å². The summed E-state index contributed by atoms with van der Waals surface area (Å²) in [6.45, 7) is 0. The minimum Gasteiger partial charge on any atom is -0.100 e. The van der Waals surface area contributed by atoms with Crippen LogP contribution in [0.3, 0.4) is 0 Å². The second kappa shape index (κ2) is 3.76. The van der Waals surface area contributed by atoms with Crippen LogP contribution in [0.25, 0.3) is 0 Å². The summed E-state index contributed by atoms with van der Waals surface area (Å²) in [5.41, 5.74) is 1.57. The molecule has 0 amide bonds. The van der Waals surface area contributed by atoms with Gasteiger partial charge >= 0.3 is 0 Å². The largest absolute Gasteiger partial charge is 0.132 e. The summed E-state index contributed by atoms with van der Waals surface area (Å²) in [5, 5.41) is 0. The molecule has 0 N–H and O–H groups in total. The highest BCUT2D eigenvalue weighted by molar-refractivity contribution is 6.52. The van der Waals surface area contributed by atoms with Crippen molar-refractivity contribution >= 4 is 23.2 Å². The van der Waals surface area contributed by atoms with Crippen molar-refractivity contribution in [1.82, 2.24) is 0 Å². The zero-order chi connectivity index (χ0) is 13.5. The zero-order valence-electron chi connectivity index (χ0n) is 11.6. The van der Waals surface area contributed by atoms with E-state index in [2.05, 4.69) is 30.3 Å². The van der Waals surface area contributed by atoms with Crippen molar-refractivity contribution in [2.75, 3.05) is 0 Å². The molecule has 0 radical (unpaired) electrons. The molecule has 4 bridgehead atoms. The second-order valence-corrected chi connectivity index (χ2v) is 9.09. The first-order chi connectivity index (χ1) is 9.64. The minimum absolute atomic E-state index is 0.199. The number of hydrogen-bond acceptors (Lipinski definition) is 0. The highest BCUT2D eigenvalue weighted by Gasteiger charge is 2.83. The maximum Gasteiger partial charge on any atom is 0.132 e. The zero-order valence-corrected chi connectivity index (χ0v) is 13.1. The van der Waals surface area contributed by atoms with Crippen LogP contribution in [-0.4, -0.2) is 4.33 Å². The Balaban J connectivity index is 1.60. The molecule has 5 aliphatic rings. The number of benzene rings is 1. The first kappa shape index (κ1) is 12.4. The molecule has 1 spiro atoms. The van der Waals surface area contributed by atoms with Gasteiger partial charge in [0, 0.05) is 11.3 Å². The summed E-state index contributed by atoms with van der Waals surface area (Å²) in [7, 11) is 0. The van der Waals surface area contributed by atoms with E-state index in [1.165, 1.54) is 37.7 Å². The van der Waals surface area contributed by atoms with Crippen LogP contribution in [0.2, 0.25) is 0 Å². The lowest BCUT2D eigenvalue weighted by Crippen LogP contribution is -2.48. The SMILES string of the molecule is ClC1(Cl)C(c2ccccc2)C12C1CC3CC(C1)CC2C3. The van der Waals surface area contributed by atoms with Crippen molar-refractivity contribution in [2.24, 2.45) is 29.1 Å². The lowest BCUT2D eigenvalue weighted by molar-refractivity contribution is -0.0562. The molecule has 1 aromatic rings. The van der Waals surface area contributed by atoms with Gasteiger partial charge < -0.3 is 0 Å². The molecule has 0 aliphatic heterocycles. The second-order valence-electron chi connectivity index (χ2n) is 7.70. The summed E-state index contributed by atoms with van der Waals surface area (Å²) in [6, 6.07) is 10.8.